The molecule has 0 unspecified atom stereocenters. The standard InChI is InChI=1S/C5H2ClNO3S/c6-5-4(7(9)10)1-3(2-8)11-5/h1-2H. The summed E-state index contributed by atoms with van der Waals surface area (Å²) in [5.74, 6) is 0. The Kier molecular flexibility index (Phi) is 2.21. The Labute approximate surface area is 70.6 Å². The fourth-order valence-corrected chi connectivity index (χ4v) is 1.61. The minimum atomic E-state index is -0.619. The van der Waals surface area contributed by atoms with Crippen molar-refractivity contribution in [3.8, 4) is 0 Å². The van der Waals surface area contributed by atoms with Gasteiger partial charge in [0.05, 0.1) is 9.80 Å². The molecule has 1 aromatic rings. The lowest BCUT2D eigenvalue weighted by molar-refractivity contribution is -0.384. The van der Waals surface area contributed by atoms with Crippen molar-refractivity contribution in [2.24, 2.45) is 0 Å². The molecular formula is C5H2ClNO3S. The Balaban J connectivity index is 3.16. The second kappa shape index (κ2) is 2.98. The fraction of sp³-hybridized carbons (Fsp3) is 0. The van der Waals surface area contributed by atoms with E-state index in [0.29, 0.717) is 6.29 Å². The molecule has 0 N–H and O–H groups in total. The van der Waals surface area contributed by atoms with Gasteiger partial charge in [-0.1, -0.05) is 11.6 Å². The van der Waals surface area contributed by atoms with Gasteiger partial charge in [-0.15, -0.1) is 11.3 Å². The summed E-state index contributed by atoms with van der Waals surface area (Å²) in [5, 5.41) is 10.2. The monoisotopic (exact) mass is 191 g/mol. The zero-order valence-electron chi connectivity index (χ0n) is 5.11. The van der Waals surface area contributed by atoms with E-state index in [9.17, 15) is 14.9 Å². The molecule has 0 aliphatic rings. The normalized spacial score (nSPS) is 9.55. The highest BCUT2D eigenvalue weighted by Crippen LogP contribution is 2.32. The van der Waals surface area contributed by atoms with Gasteiger partial charge in [-0.05, 0) is 0 Å². The van der Waals surface area contributed by atoms with Gasteiger partial charge >= 0.3 is 0 Å². The van der Waals surface area contributed by atoms with Gasteiger partial charge in [-0.2, -0.15) is 0 Å². The van der Waals surface area contributed by atoms with Gasteiger partial charge in [0.25, 0.3) is 5.69 Å². The second-order valence-corrected chi connectivity index (χ2v) is 3.37. The highest BCUT2D eigenvalue weighted by molar-refractivity contribution is 7.18. The van der Waals surface area contributed by atoms with Crippen LogP contribution in [0.4, 0.5) is 5.69 Å². The molecule has 0 atom stereocenters. The number of rotatable bonds is 2. The van der Waals surface area contributed by atoms with Crippen molar-refractivity contribution in [3.05, 3.63) is 25.4 Å². The van der Waals surface area contributed by atoms with E-state index < -0.39 is 4.92 Å². The number of halogens is 1. The van der Waals surface area contributed by atoms with E-state index in [0.717, 1.165) is 17.4 Å². The molecule has 0 bridgehead atoms. The summed E-state index contributed by atoms with van der Waals surface area (Å²) in [6, 6.07) is 1.15. The van der Waals surface area contributed by atoms with E-state index in [2.05, 4.69) is 0 Å². The third-order valence-corrected chi connectivity index (χ3v) is 2.26. The van der Waals surface area contributed by atoms with Crippen LogP contribution in [0.2, 0.25) is 4.34 Å². The predicted molar refractivity (Wildman–Crippen MR) is 41.4 cm³/mol. The van der Waals surface area contributed by atoms with Crippen molar-refractivity contribution >= 4 is 34.9 Å². The van der Waals surface area contributed by atoms with Crippen molar-refractivity contribution in [3.63, 3.8) is 0 Å². The van der Waals surface area contributed by atoms with Gasteiger partial charge in [-0.25, -0.2) is 0 Å². The van der Waals surface area contributed by atoms with E-state index in [1.54, 1.807) is 0 Å². The third kappa shape index (κ3) is 1.55. The first-order chi connectivity index (χ1) is 5.15. The van der Waals surface area contributed by atoms with Gasteiger partial charge in [0, 0.05) is 6.07 Å². The zero-order chi connectivity index (χ0) is 8.43. The molecule has 0 radical (unpaired) electrons. The first-order valence-electron chi connectivity index (χ1n) is 2.54. The molecule has 0 spiro atoms. The Morgan fingerprint density at radius 3 is 2.64 bits per heavy atom. The van der Waals surface area contributed by atoms with Gasteiger partial charge in [0.1, 0.15) is 0 Å². The summed E-state index contributed by atoms with van der Waals surface area (Å²) >= 11 is 6.34. The molecule has 58 valence electrons. The van der Waals surface area contributed by atoms with Crippen LogP contribution >= 0.6 is 22.9 Å². The summed E-state index contributed by atoms with van der Waals surface area (Å²) < 4.78 is 0.0390. The highest BCUT2D eigenvalue weighted by Gasteiger charge is 2.16. The van der Waals surface area contributed by atoms with Crippen molar-refractivity contribution in [1.29, 1.82) is 0 Å². The lowest BCUT2D eigenvalue weighted by atomic mass is 10.4. The van der Waals surface area contributed by atoms with Gasteiger partial charge in [0.15, 0.2) is 10.6 Å². The van der Waals surface area contributed by atoms with Crippen molar-refractivity contribution in [2.45, 2.75) is 0 Å². The van der Waals surface area contributed by atoms with E-state index in [4.69, 9.17) is 11.6 Å². The average molecular weight is 192 g/mol. The molecule has 0 saturated carbocycles. The van der Waals surface area contributed by atoms with Crippen molar-refractivity contribution < 1.29 is 9.72 Å². The molecular weight excluding hydrogens is 190 g/mol. The third-order valence-electron chi connectivity index (χ3n) is 1.00. The van der Waals surface area contributed by atoms with E-state index in [-0.39, 0.29) is 14.9 Å². The maximum atomic E-state index is 10.2. The Morgan fingerprint density at radius 1 is 1.73 bits per heavy atom. The summed E-state index contributed by atoms with van der Waals surface area (Å²) in [5.41, 5.74) is -0.209. The number of thiophene rings is 1. The van der Waals surface area contributed by atoms with Gasteiger partial charge < -0.3 is 0 Å². The number of aldehydes is 1. The minimum absolute atomic E-state index is 0.0390. The number of carbonyl (C=O) groups is 1. The molecule has 1 heterocycles. The lowest BCUT2D eigenvalue weighted by Gasteiger charge is -1.81. The molecule has 1 aromatic heterocycles. The summed E-state index contributed by atoms with van der Waals surface area (Å²) in [7, 11) is 0. The largest absolute Gasteiger partial charge is 0.299 e. The maximum absolute atomic E-state index is 10.2. The maximum Gasteiger partial charge on any atom is 0.299 e. The number of hydrogen-bond acceptors (Lipinski definition) is 4. The SMILES string of the molecule is O=Cc1cc([N+](=O)[O-])c(Cl)s1. The Hall–Kier alpha value is -0.940. The molecule has 11 heavy (non-hydrogen) atoms. The predicted octanol–water partition coefficient (Wildman–Crippen LogP) is 2.12. The van der Waals surface area contributed by atoms with E-state index in [1.165, 1.54) is 0 Å². The van der Waals surface area contributed by atoms with Crippen LogP contribution in [0.5, 0.6) is 0 Å². The van der Waals surface area contributed by atoms with Crippen LogP contribution in [0.15, 0.2) is 6.07 Å². The average Bonchev–Trinajstić information content (AvgIpc) is 2.30. The molecule has 0 saturated heterocycles. The second-order valence-electron chi connectivity index (χ2n) is 1.68. The quantitative estimate of drug-likeness (QED) is 0.409. The van der Waals surface area contributed by atoms with E-state index >= 15 is 0 Å². The summed E-state index contributed by atoms with van der Waals surface area (Å²) in [6.07, 6.45) is 0.531. The molecule has 6 heteroatoms. The summed E-state index contributed by atoms with van der Waals surface area (Å²) in [4.78, 5) is 19.9. The number of nitro groups is 1. The van der Waals surface area contributed by atoms with Crippen LogP contribution in [-0.4, -0.2) is 11.2 Å². The topological polar surface area (TPSA) is 60.2 Å². The highest BCUT2D eigenvalue weighted by atomic mass is 35.5. The van der Waals surface area contributed by atoms with Crippen LogP contribution in [0.3, 0.4) is 0 Å². The number of hydrogen-bond donors (Lipinski definition) is 0. The Morgan fingerprint density at radius 2 is 2.36 bits per heavy atom. The van der Waals surface area contributed by atoms with Crippen LogP contribution < -0.4 is 0 Å². The smallest absolute Gasteiger partial charge is 0.297 e. The summed E-state index contributed by atoms with van der Waals surface area (Å²) in [6.45, 7) is 0. The van der Waals surface area contributed by atoms with Crippen LogP contribution in [0, 0.1) is 10.1 Å². The van der Waals surface area contributed by atoms with E-state index in [1.807, 2.05) is 0 Å². The molecule has 0 aliphatic carbocycles. The fourth-order valence-electron chi connectivity index (χ4n) is 0.559. The first-order valence-corrected chi connectivity index (χ1v) is 3.73. The van der Waals surface area contributed by atoms with Gasteiger partial charge in [-0.3, -0.25) is 14.9 Å². The number of carbonyl (C=O) groups excluding carboxylic acids is 1. The molecule has 0 amide bonds. The van der Waals surface area contributed by atoms with Crippen LogP contribution in [0.1, 0.15) is 9.67 Å². The van der Waals surface area contributed by atoms with Crippen LogP contribution in [0.25, 0.3) is 0 Å². The van der Waals surface area contributed by atoms with Crippen molar-refractivity contribution in [1.82, 2.24) is 0 Å². The molecule has 1 rings (SSSR count). The van der Waals surface area contributed by atoms with Crippen LogP contribution in [-0.2, 0) is 0 Å². The molecule has 0 fully saturated rings. The number of nitrogens with zero attached hydrogens (tertiary/aromatic N) is 1. The Bertz CT molecular complexity index is 309. The van der Waals surface area contributed by atoms with Crippen molar-refractivity contribution in [2.75, 3.05) is 0 Å². The van der Waals surface area contributed by atoms with Gasteiger partial charge in [0.2, 0.25) is 0 Å². The molecule has 0 aliphatic heterocycles. The molecule has 0 aromatic carbocycles. The lowest BCUT2D eigenvalue weighted by Crippen LogP contribution is -1.84. The zero-order valence-corrected chi connectivity index (χ0v) is 6.69. The first kappa shape index (κ1) is 8.16. The minimum Gasteiger partial charge on any atom is -0.297 e. The molecule has 4 nitrogen and oxygen atoms in total.